The van der Waals surface area contributed by atoms with Crippen LogP contribution in [0.1, 0.15) is 20.8 Å². The molecule has 1 heterocycles. The van der Waals surface area contributed by atoms with Gasteiger partial charge in [-0.1, -0.05) is 6.92 Å². The predicted octanol–water partition coefficient (Wildman–Crippen LogP) is 1.63. The molecule has 4 heteroatoms. The minimum Gasteiger partial charge on any atom is -0.293 e. The molecule has 0 aliphatic carbocycles. The highest BCUT2D eigenvalue weighted by atomic mass is 19.3. The van der Waals surface area contributed by atoms with Crippen LogP contribution in [-0.2, 0) is 0 Å². The summed E-state index contributed by atoms with van der Waals surface area (Å²) in [5, 5.41) is 0. The van der Waals surface area contributed by atoms with Crippen molar-refractivity contribution < 1.29 is 8.78 Å². The van der Waals surface area contributed by atoms with Crippen LogP contribution in [0.15, 0.2) is 0 Å². The molecule has 0 radical (unpaired) electrons. The Labute approximate surface area is 78.5 Å². The zero-order chi connectivity index (χ0) is 10.1. The number of hydrogen-bond donors (Lipinski definition) is 0. The zero-order valence-corrected chi connectivity index (χ0v) is 8.56. The second-order valence-corrected chi connectivity index (χ2v) is 3.81. The van der Waals surface area contributed by atoms with Gasteiger partial charge in [0.1, 0.15) is 0 Å². The van der Waals surface area contributed by atoms with Crippen molar-refractivity contribution in [3.63, 3.8) is 0 Å². The van der Waals surface area contributed by atoms with E-state index in [0.717, 1.165) is 6.54 Å². The summed E-state index contributed by atoms with van der Waals surface area (Å²) in [6.45, 7) is 7.22. The molecule has 0 N–H and O–H groups in total. The van der Waals surface area contributed by atoms with E-state index in [4.69, 9.17) is 0 Å². The van der Waals surface area contributed by atoms with Crippen LogP contribution in [0.4, 0.5) is 8.78 Å². The van der Waals surface area contributed by atoms with Gasteiger partial charge >= 0.3 is 6.05 Å². The van der Waals surface area contributed by atoms with E-state index in [-0.39, 0.29) is 12.6 Å². The summed E-state index contributed by atoms with van der Waals surface area (Å²) in [7, 11) is 0. The van der Waals surface area contributed by atoms with Crippen molar-refractivity contribution in [2.75, 3.05) is 26.2 Å². The molecule has 0 saturated carbocycles. The molecule has 0 spiro atoms. The molecular formula is C9H18F2N2. The maximum Gasteiger partial charge on any atom is 0.317 e. The van der Waals surface area contributed by atoms with Gasteiger partial charge in [-0.2, -0.15) is 8.78 Å². The average molecular weight is 192 g/mol. The maximum absolute atomic E-state index is 13.4. The zero-order valence-electron chi connectivity index (χ0n) is 8.56. The van der Waals surface area contributed by atoms with Crippen molar-refractivity contribution in [2.45, 2.75) is 32.9 Å². The fraction of sp³-hybridized carbons (Fsp3) is 1.00. The Kier molecular flexibility index (Phi) is 3.24. The highest BCUT2D eigenvalue weighted by Crippen LogP contribution is 2.25. The van der Waals surface area contributed by atoms with Crippen LogP contribution in [0.2, 0.25) is 0 Å². The van der Waals surface area contributed by atoms with Gasteiger partial charge in [-0.3, -0.25) is 4.90 Å². The molecule has 0 bridgehead atoms. The Morgan fingerprint density at radius 3 is 2.31 bits per heavy atom. The van der Waals surface area contributed by atoms with Gasteiger partial charge in [-0.05, 0) is 13.8 Å². The highest BCUT2D eigenvalue weighted by Gasteiger charge is 2.41. The maximum atomic E-state index is 13.4. The summed E-state index contributed by atoms with van der Waals surface area (Å²) in [5.41, 5.74) is 0. The van der Waals surface area contributed by atoms with Gasteiger partial charge in [0.15, 0.2) is 0 Å². The van der Waals surface area contributed by atoms with Gasteiger partial charge in [0, 0.05) is 25.7 Å². The lowest BCUT2D eigenvalue weighted by Crippen LogP contribution is -2.58. The van der Waals surface area contributed by atoms with E-state index in [1.807, 2.05) is 18.7 Å². The molecule has 1 rings (SSSR count). The first kappa shape index (κ1) is 10.9. The largest absolute Gasteiger partial charge is 0.317 e. The van der Waals surface area contributed by atoms with E-state index in [1.54, 1.807) is 6.92 Å². The highest BCUT2D eigenvalue weighted by molar-refractivity contribution is 4.81. The number of halogens is 2. The molecule has 0 aromatic rings. The molecule has 1 aliphatic rings. The lowest BCUT2D eigenvalue weighted by atomic mass is 10.2. The predicted molar refractivity (Wildman–Crippen MR) is 48.9 cm³/mol. The van der Waals surface area contributed by atoms with Crippen LogP contribution in [0.25, 0.3) is 0 Å². The lowest BCUT2D eigenvalue weighted by molar-refractivity contribution is -0.187. The Hall–Kier alpha value is -0.220. The number of rotatable bonds is 2. The molecule has 0 aromatic heterocycles. The second-order valence-electron chi connectivity index (χ2n) is 3.81. The Balaban J connectivity index is 2.59. The average Bonchev–Trinajstić information content (AvgIpc) is 2.02. The van der Waals surface area contributed by atoms with Gasteiger partial charge in [-0.15, -0.1) is 0 Å². The Morgan fingerprint density at radius 2 is 1.92 bits per heavy atom. The van der Waals surface area contributed by atoms with Crippen molar-refractivity contribution in [3.05, 3.63) is 0 Å². The second kappa shape index (κ2) is 3.88. The van der Waals surface area contributed by atoms with Crippen molar-refractivity contribution >= 4 is 0 Å². The molecule has 0 amide bonds. The topological polar surface area (TPSA) is 6.48 Å². The first-order valence-electron chi connectivity index (χ1n) is 4.84. The molecule has 0 atom stereocenters. The SMILES string of the molecule is CCN1CCN(C(C)C)CC1(F)F. The van der Waals surface area contributed by atoms with Gasteiger partial charge in [-0.25, -0.2) is 4.90 Å². The van der Waals surface area contributed by atoms with Crippen LogP contribution in [0.3, 0.4) is 0 Å². The summed E-state index contributed by atoms with van der Waals surface area (Å²) < 4.78 is 26.7. The minimum absolute atomic E-state index is 0.126. The first-order chi connectivity index (χ1) is 5.97. The number of hydrogen-bond acceptors (Lipinski definition) is 2. The fourth-order valence-electron chi connectivity index (χ4n) is 1.67. The third-order valence-corrected chi connectivity index (χ3v) is 2.63. The summed E-state index contributed by atoms with van der Waals surface area (Å²) in [6, 6.07) is -2.43. The molecule has 1 saturated heterocycles. The molecule has 1 fully saturated rings. The van der Waals surface area contributed by atoms with E-state index < -0.39 is 6.05 Å². The van der Waals surface area contributed by atoms with E-state index in [9.17, 15) is 8.78 Å². The van der Waals surface area contributed by atoms with Gasteiger partial charge < -0.3 is 0 Å². The van der Waals surface area contributed by atoms with Crippen LogP contribution in [0, 0.1) is 0 Å². The van der Waals surface area contributed by atoms with Crippen molar-refractivity contribution in [1.82, 2.24) is 9.80 Å². The van der Waals surface area contributed by atoms with Crippen LogP contribution < -0.4 is 0 Å². The van der Waals surface area contributed by atoms with Crippen molar-refractivity contribution in [3.8, 4) is 0 Å². The van der Waals surface area contributed by atoms with E-state index in [2.05, 4.69) is 0 Å². The number of likely N-dealkylation sites (N-methyl/N-ethyl adjacent to an activating group) is 1. The molecular weight excluding hydrogens is 174 g/mol. The van der Waals surface area contributed by atoms with E-state index >= 15 is 0 Å². The third-order valence-electron chi connectivity index (χ3n) is 2.63. The summed E-state index contributed by atoms with van der Waals surface area (Å²) in [5.74, 6) is 0. The standard InChI is InChI=1S/C9H18F2N2/c1-4-13-6-5-12(8(2)3)7-9(13,10)11/h8H,4-7H2,1-3H3. The summed E-state index contributed by atoms with van der Waals surface area (Å²) in [4.78, 5) is 3.07. The molecule has 2 nitrogen and oxygen atoms in total. The van der Waals surface area contributed by atoms with Crippen LogP contribution in [-0.4, -0.2) is 48.1 Å². The molecule has 1 aliphatic heterocycles. The molecule has 0 unspecified atom stereocenters. The Bertz CT molecular complexity index is 171. The number of piperazine rings is 1. The third kappa shape index (κ3) is 2.38. The van der Waals surface area contributed by atoms with Gasteiger partial charge in [0.2, 0.25) is 0 Å². The number of nitrogens with zero attached hydrogens (tertiary/aromatic N) is 2. The first-order valence-corrected chi connectivity index (χ1v) is 4.84. The fourth-order valence-corrected chi connectivity index (χ4v) is 1.67. The molecule has 78 valence electrons. The van der Waals surface area contributed by atoms with Crippen molar-refractivity contribution in [2.24, 2.45) is 0 Å². The summed E-state index contributed by atoms with van der Waals surface area (Å²) in [6.07, 6.45) is 0. The van der Waals surface area contributed by atoms with E-state index in [0.29, 0.717) is 13.1 Å². The minimum atomic E-state index is -2.64. The molecule has 13 heavy (non-hydrogen) atoms. The summed E-state index contributed by atoms with van der Waals surface area (Å²) >= 11 is 0. The Morgan fingerprint density at radius 1 is 1.31 bits per heavy atom. The quantitative estimate of drug-likeness (QED) is 0.613. The smallest absolute Gasteiger partial charge is 0.293 e. The monoisotopic (exact) mass is 192 g/mol. The van der Waals surface area contributed by atoms with Crippen LogP contribution in [0.5, 0.6) is 0 Å². The lowest BCUT2D eigenvalue weighted by Gasteiger charge is -2.42. The van der Waals surface area contributed by atoms with Gasteiger partial charge in [0.05, 0.1) is 6.54 Å². The van der Waals surface area contributed by atoms with Crippen LogP contribution >= 0.6 is 0 Å². The molecule has 0 aromatic carbocycles. The normalized spacial score (nSPS) is 25.4. The van der Waals surface area contributed by atoms with Gasteiger partial charge in [0.25, 0.3) is 0 Å². The van der Waals surface area contributed by atoms with Crippen molar-refractivity contribution in [1.29, 1.82) is 0 Å². The van der Waals surface area contributed by atoms with E-state index in [1.165, 1.54) is 4.90 Å². The number of alkyl halides is 2.